The number of carboxylic acid groups (broad SMARTS) is 1. The molecule has 2 aliphatic rings. The molecule has 1 aromatic rings. The second kappa shape index (κ2) is 13.0. The average molecular weight is 655 g/mol. The normalized spacial score (nSPS) is 29.9. The molecule has 6 atom stereocenters. The summed E-state index contributed by atoms with van der Waals surface area (Å²) >= 11 is 2.31. The Morgan fingerprint density at radius 2 is 1.63 bits per heavy atom. The minimum absolute atomic E-state index is 0.0964. The summed E-state index contributed by atoms with van der Waals surface area (Å²) in [5.41, 5.74) is 4.61. The molecule has 7 nitrogen and oxygen atoms in total. The Labute approximate surface area is 235 Å². The quantitative estimate of drug-likeness (QED) is 0.295. The molecule has 0 unspecified atom stereocenters. The van der Waals surface area contributed by atoms with Crippen molar-refractivity contribution in [3.8, 4) is 0 Å². The number of carboxylic acids is 1. The van der Waals surface area contributed by atoms with Crippen molar-refractivity contribution in [1.29, 1.82) is 0 Å². The zero-order valence-corrected chi connectivity index (χ0v) is 24.3. The Balaban J connectivity index is 0.000000638. The highest BCUT2D eigenvalue weighted by Crippen LogP contribution is 2.44. The van der Waals surface area contributed by atoms with E-state index >= 15 is 0 Å². The van der Waals surface area contributed by atoms with Gasteiger partial charge in [0.15, 0.2) is 5.54 Å². The molecule has 11 heteroatoms. The molecule has 2 saturated carbocycles. The van der Waals surface area contributed by atoms with Crippen LogP contribution in [0, 0.1) is 11.8 Å². The molecule has 0 saturated heterocycles. The summed E-state index contributed by atoms with van der Waals surface area (Å²) < 4.78 is 43.5. The van der Waals surface area contributed by atoms with Gasteiger partial charge in [-0.25, -0.2) is 4.79 Å². The van der Waals surface area contributed by atoms with E-state index in [9.17, 15) is 22.8 Å². The van der Waals surface area contributed by atoms with Gasteiger partial charge < -0.3 is 25.1 Å². The van der Waals surface area contributed by atoms with E-state index in [4.69, 9.17) is 19.4 Å². The summed E-state index contributed by atoms with van der Waals surface area (Å²) in [4.78, 5) is 33.7. The molecular weight excluding hydrogens is 618 g/mol. The fraction of sp³-hybridized carbons (Fsp3) is 0.667. The number of benzene rings is 1. The number of ether oxygens (including phenoxy) is 2. The number of quaternary nitrogens is 1. The molecule has 0 bridgehead atoms. The van der Waals surface area contributed by atoms with E-state index < -0.39 is 17.7 Å². The van der Waals surface area contributed by atoms with Gasteiger partial charge >= 0.3 is 18.1 Å². The summed E-state index contributed by atoms with van der Waals surface area (Å²) in [6.07, 6.45) is -0.678. The first-order valence-electron chi connectivity index (χ1n) is 12.7. The lowest BCUT2D eigenvalue weighted by atomic mass is 9.64. The fourth-order valence-corrected chi connectivity index (χ4v) is 6.07. The second-order valence-electron chi connectivity index (χ2n) is 11.0. The minimum atomic E-state index is -5.19. The third kappa shape index (κ3) is 8.56. The predicted octanol–water partition coefficient (Wildman–Crippen LogP) is 3.51. The topological polar surface area (TPSA) is 120 Å². The number of rotatable bonds is 5. The lowest BCUT2D eigenvalue weighted by Crippen LogP contribution is -2.79. The first-order chi connectivity index (χ1) is 17.5. The van der Waals surface area contributed by atoms with Gasteiger partial charge in [-0.15, -0.1) is 0 Å². The van der Waals surface area contributed by atoms with Crippen molar-refractivity contribution in [3.05, 3.63) is 35.9 Å². The molecule has 3 rings (SSSR count). The highest BCUT2D eigenvalue weighted by atomic mass is 127. The monoisotopic (exact) mass is 655 g/mol. The van der Waals surface area contributed by atoms with Gasteiger partial charge in [0.25, 0.3) is 0 Å². The van der Waals surface area contributed by atoms with Crippen LogP contribution in [-0.2, 0) is 29.3 Å². The van der Waals surface area contributed by atoms with Crippen LogP contribution in [0.25, 0.3) is 0 Å². The number of aliphatic carboxylic acids is 1. The van der Waals surface area contributed by atoms with E-state index in [0.717, 1.165) is 25.7 Å². The fourth-order valence-electron chi connectivity index (χ4n) is 5.36. The van der Waals surface area contributed by atoms with Gasteiger partial charge in [-0.1, -0.05) is 80.1 Å². The van der Waals surface area contributed by atoms with Gasteiger partial charge in [0.1, 0.15) is 18.2 Å². The third-order valence-corrected chi connectivity index (χ3v) is 9.06. The third-order valence-electron chi connectivity index (χ3n) is 7.63. The van der Waals surface area contributed by atoms with Crippen molar-refractivity contribution in [2.45, 2.75) is 99.5 Å². The zero-order valence-electron chi connectivity index (χ0n) is 22.2. The molecule has 214 valence electrons. The van der Waals surface area contributed by atoms with Crippen molar-refractivity contribution in [2.24, 2.45) is 11.8 Å². The number of esters is 2. The first-order valence-corrected chi connectivity index (χ1v) is 13.9. The number of hydrogen-bond acceptors (Lipinski definition) is 6. The van der Waals surface area contributed by atoms with Crippen LogP contribution < -0.4 is 10.8 Å². The SMILES string of the molecule is CC(=O)O[C@H]1C[C@]([NH3+])(C(=O)O[C@@H]2C[C@H](C)CC[C@H]2C(C)(C)c2ccccc2)CC[C@@H]1I.O=C([O-])C(F)(F)F. The highest BCUT2D eigenvalue weighted by Gasteiger charge is 2.51. The standard InChI is InChI=1S/C25H36INO4.C2HF3O2/c1-16-10-11-19(24(3,4)18-8-6-5-7-9-18)21(14-16)31-23(29)25(27)13-12-20(26)22(15-25)30-17(2)28;3-2(4,5)1(6)7/h5-9,16,19-22H,10-15,27H2,1-4H3;(H,6,7)/t16-,19-,20+,21-,22+,25+;/m1./s1. The smallest absolute Gasteiger partial charge is 0.430 e. The van der Waals surface area contributed by atoms with Gasteiger partial charge in [-0.05, 0) is 36.2 Å². The number of carbonyl (C=O) groups excluding carboxylic acids is 3. The summed E-state index contributed by atoms with van der Waals surface area (Å²) in [7, 11) is 0. The maximum atomic E-state index is 13.4. The summed E-state index contributed by atoms with van der Waals surface area (Å²) in [6.45, 7) is 8.19. The van der Waals surface area contributed by atoms with Crippen molar-refractivity contribution in [2.75, 3.05) is 0 Å². The van der Waals surface area contributed by atoms with E-state index in [1.165, 1.54) is 12.5 Å². The molecule has 0 aromatic heterocycles. The maximum absolute atomic E-state index is 13.4. The highest BCUT2D eigenvalue weighted by molar-refractivity contribution is 14.1. The number of alkyl halides is 4. The maximum Gasteiger partial charge on any atom is 0.430 e. The van der Waals surface area contributed by atoms with Gasteiger partial charge in [0.2, 0.25) is 0 Å². The van der Waals surface area contributed by atoms with Gasteiger partial charge in [-0.2, -0.15) is 13.2 Å². The number of hydrogen-bond donors (Lipinski definition) is 1. The molecule has 0 heterocycles. The first kappa shape index (κ1) is 32.3. The molecule has 2 fully saturated rings. The van der Waals surface area contributed by atoms with E-state index in [2.05, 4.69) is 73.4 Å². The Kier molecular flexibility index (Phi) is 11.0. The summed E-state index contributed by atoms with van der Waals surface area (Å²) in [5, 5.41) is 8.78. The van der Waals surface area contributed by atoms with Crippen molar-refractivity contribution < 1.29 is 47.9 Å². The van der Waals surface area contributed by atoms with Crippen molar-refractivity contribution >= 4 is 40.5 Å². The van der Waals surface area contributed by atoms with Crippen LogP contribution in [0.3, 0.4) is 0 Å². The predicted molar refractivity (Wildman–Crippen MR) is 140 cm³/mol. The number of halogens is 4. The van der Waals surface area contributed by atoms with Crippen LogP contribution in [0.2, 0.25) is 0 Å². The minimum Gasteiger partial charge on any atom is -0.542 e. The zero-order chi connectivity index (χ0) is 28.9. The van der Waals surface area contributed by atoms with Crippen LogP contribution in [0.5, 0.6) is 0 Å². The Morgan fingerprint density at radius 3 is 2.16 bits per heavy atom. The summed E-state index contributed by atoms with van der Waals surface area (Å²) in [6, 6.07) is 10.5. The molecule has 2 aliphatic carbocycles. The molecule has 0 spiro atoms. The van der Waals surface area contributed by atoms with Crippen LogP contribution in [0.4, 0.5) is 13.2 Å². The summed E-state index contributed by atoms with van der Waals surface area (Å²) in [5.74, 6) is -2.77. The molecule has 3 N–H and O–H groups in total. The Bertz CT molecular complexity index is 973. The number of carbonyl (C=O) groups is 3. The molecular formula is C27H37F3INO6. The second-order valence-corrected chi connectivity index (χ2v) is 12.6. The van der Waals surface area contributed by atoms with Crippen LogP contribution in [-0.4, -0.2) is 45.8 Å². The Hall–Kier alpha value is -1.89. The molecule has 0 radical (unpaired) electrons. The van der Waals surface area contributed by atoms with E-state index in [1.807, 2.05) is 6.07 Å². The van der Waals surface area contributed by atoms with E-state index in [0.29, 0.717) is 18.8 Å². The van der Waals surface area contributed by atoms with Crippen LogP contribution >= 0.6 is 22.6 Å². The Morgan fingerprint density at radius 1 is 1.05 bits per heavy atom. The van der Waals surface area contributed by atoms with Crippen molar-refractivity contribution in [1.82, 2.24) is 0 Å². The average Bonchev–Trinajstić information content (AvgIpc) is 2.81. The molecule has 0 aliphatic heterocycles. The lowest BCUT2D eigenvalue weighted by molar-refractivity contribution is -0.472. The molecule has 0 amide bonds. The van der Waals surface area contributed by atoms with Crippen LogP contribution in [0.15, 0.2) is 30.3 Å². The van der Waals surface area contributed by atoms with Gasteiger partial charge in [0.05, 0.1) is 6.42 Å². The largest absolute Gasteiger partial charge is 0.542 e. The van der Waals surface area contributed by atoms with Gasteiger partial charge in [0, 0.05) is 23.2 Å². The van der Waals surface area contributed by atoms with Crippen LogP contribution in [0.1, 0.15) is 71.8 Å². The van der Waals surface area contributed by atoms with E-state index in [1.54, 1.807) is 0 Å². The molecule has 38 heavy (non-hydrogen) atoms. The lowest BCUT2D eigenvalue weighted by Gasteiger charge is -2.45. The molecule has 1 aromatic carbocycles. The van der Waals surface area contributed by atoms with Crippen molar-refractivity contribution in [3.63, 3.8) is 0 Å². The van der Waals surface area contributed by atoms with E-state index in [-0.39, 0.29) is 39.4 Å². The van der Waals surface area contributed by atoms with Gasteiger partial charge in [-0.3, -0.25) is 4.79 Å².